The van der Waals surface area contributed by atoms with Crippen LogP contribution in [0, 0.1) is 0 Å². The summed E-state index contributed by atoms with van der Waals surface area (Å²) in [6.07, 6.45) is 9.33. The number of esters is 1. The summed E-state index contributed by atoms with van der Waals surface area (Å²) < 4.78 is 4.95. The first-order valence-corrected chi connectivity index (χ1v) is 9.32. The molecule has 146 valence electrons. The fourth-order valence-electron chi connectivity index (χ4n) is 2.60. The Balaban J connectivity index is 1.91. The summed E-state index contributed by atoms with van der Waals surface area (Å²) in [4.78, 5) is 23.8. The lowest BCUT2D eigenvalue weighted by atomic mass is 10.1. The van der Waals surface area contributed by atoms with Gasteiger partial charge in [-0.2, -0.15) is 0 Å². The van der Waals surface area contributed by atoms with E-state index in [0.29, 0.717) is 13.0 Å². The fraction of sp³-hybridized carbons (Fsp3) is 0.526. The summed E-state index contributed by atoms with van der Waals surface area (Å²) in [5.41, 5.74) is 0. The van der Waals surface area contributed by atoms with E-state index in [9.17, 15) is 4.79 Å². The van der Waals surface area contributed by atoms with Crippen LogP contribution in [0.3, 0.4) is 0 Å². The highest BCUT2D eigenvalue weighted by Gasteiger charge is 2.13. The molecule has 0 aromatic carbocycles. The van der Waals surface area contributed by atoms with Gasteiger partial charge < -0.3 is 14.5 Å². The standard InChI is InChI=1S/C19H28N6O2/c1-4-27-19(26)9-7-5-6-8-14-25(18-15-20-12-13-21-18)17-11-10-16(22-23-17)24(2)3/h10-13,15H,4-9,14H2,1-3H3. The van der Waals surface area contributed by atoms with Crippen LogP contribution in [0.2, 0.25) is 0 Å². The van der Waals surface area contributed by atoms with Gasteiger partial charge >= 0.3 is 5.97 Å². The van der Waals surface area contributed by atoms with E-state index < -0.39 is 0 Å². The van der Waals surface area contributed by atoms with E-state index in [2.05, 4.69) is 20.2 Å². The molecule has 2 heterocycles. The van der Waals surface area contributed by atoms with Gasteiger partial charge in [-0.1, -0.05) is 12.8 Å². The number of rotatable bonds is 11. The van der Waals surface area contributed by atoms with E-state index in [1.165, 1.54) is 0 Å². The molecule has 0 unspecified atom stereocenters. The van der Waals surface area contributed by atoms with Crippen LogP contribution in [-0.2, 0) is 9.53 Å². The molecule has 8 nitrogen and oxygen atoms in total. The highest BCUT2D eigenvalue weighted by atomic mass is 16.5. The lowest BCUT2D eigenvalue weighted by Crippen LogP contribution is -2.22. The number of carbonyl (C=O) groups is 1. The second kappa shape index (κ2) is 11.1. The van der Waals surface area contributed by atoms with Gasteiger partial charge in [-0.25, -0.2) is 4.98 Å². The molecule has 8 heteroatoms. The van der Waals surface area contributed by atoms with Gasteiger partial charge in [0.2, 0.25) is 0 Å². The molecule has 2 rings (SSSR count). The van der Waals surface area contributed by atoms with Crippen molar-refractivity contribution in [3.05, 3.63) is 30.7 Å². The van der Waals surface area contributed by atoms with Crippen LogP contribution in [0.5, 0.6) is 0 Å². The maximum atomic E-state index is 11.4. The highest BCUT2D eigenvalue weighted by molar-refractivity contribution is 5.69. The molecule has 0 N–H and O–H groups in total. The Morgan fingerprint density at radius 1 is 1.00 bits per heavy atom. The predicted octanol–water partition coefficient (Wildman–Crippen LogP) is 2.98. The Kier molecular flexibility index (Phi) is 8.41. The van der Waals surface area contributed by atoms with Crippen molar-refractivity contribution in [2.75, 3.05) is 37.0 Å². The molecular formula is C19H28N6O2. The van der Waals surface area contributed by atoms with E-state index in [-0.39, 0.29) is 5.97 Å². The summed E-state index contributed by atoms with van der Waals surface area (Å²) >= 11 is 0. The number of nitrogens with zero attached hydrogens (tertiary/aromatic N) is 6. The summed E-state index contributed by atoms with van der Waals surface area (Å²) in [5, 5.41) is 8.59. The molecule has 2 aromatic rings. The van der Waals surface area contributed by atoms with E-state index in [4.69, 9.17) is 4.74 Å². The Hall–Kier alpha value is -2.77. The van der Waals surface area contributed by atoms with Gasteiger partial charge in [-0.05, 0) is 31.9 Å². The summed E-state index contributed by atoms with van der Waals surface area (Å²) in [7, 11) is 3.86. The molecule has 0 atom stereocenters. The monoisotopic (exact) mass is 372 g/mol. The van der Waals surface area contributed by atoms with E-state index in [1.54, 1.807) is 18.6 Å². The van der Waals surface area contributed by atoms with Gasteiger partial charge in [0, 0.05) is 39.5 Å². The van der Waals surface area contributed by atoms with Crippen LogP contribution in [0.25, 0.3) is 0 Å². The van der Waals surface area contributed by atoms with Crippen molar-refractivity contribution in [2.24, 2.45) is 0 Å². The average Bonchev–Trinajstić information content (AvgIpc) is 2.68. The SMILES string of the molecule is CCOC(=O)CCCCCCN(c1cnccn1)c1ccc(N(C)C)nn1. The average molecular weight is 372 g/mol. The third-order valence-electron chi connectivity index (χ3n) is 4.02. The first-order valence-electron chi connectivity index (χ1n) is 9.32. The maximum absolute atomic E-state index is 11.4. The Morgan fingerprint density at radius 2 is 1.74 bits per heavy atom. The Bertz CT molecular complexity index is 678. The lowest BCUT2D eigenvalue weighted by Gasteiger charge is -2.22. The third-order valence-corrected chi connectivity index (χ3v) is 4.02. The quantitative estimate of drug-likeness (QED) is 0.440. The molecule has 0 aliphatic heterocycles. The zero-order valence-corrected chi connectivity index (χ0v) is 16.3. The van der Waals surface area contributed by atoms with Crippen molar-refractivity contribution in [2.45, 2.75) is 39.0 Å². The van der Waals surface area contributed by atoms with Gasteiger partial charge in [0.1, 0.15) is 0 Å². The van der Waals surface area contributed by atoms with Gasteiger partial charge in [0.25, 0.3) is 0 Å². The normalized spacial score (nSPS) is 10.5. The molecule has 0 aliphatic carbocycles. The number of unbranched alkanes of at least 4 members (excludes halogenated alkanes) is 3. The Labute approximate surface area is 160 Å². The minimum Gasteiger partial charge on any atom is -0.466 e. The molecule has 0 amide bonds. The van der Waals surface area contributed by atoms with Crippen molar-refractivity contribution < 1.29 is 9.53 Å². The van der Waals surface area contributed by atoms with Crippen LogP contribution in [0.15, 0.2) is 30.7 Å². The second-order valence-corrected chi connectivity index (χ2v) is 6.33. The molecular weight excluding hydrogens is 344 g/mol. The molecule has 0 spiro atoms. The molecule has 0 bridgehead atoms. The summed E-state index contributed by atoms with van der Waals surface area (Å²) in [5.74, 6) is 2.18. The van der Waals surface area contributed by atoms with Crippen molar-refractivity contribution in [1.82, 2.24) is 20.2 Å². The maximum Gasteiger partial charge on any atom is 0.305 e. The van der Waals surface area contributed by atoms with Crippen molar-refractivity contribution >= 4 is 23.4 Å². The van der Waals surface area contributed by atoms with Crippen LogP contribution in [0.1, 0.15) is 39.0 Å². The van der Waals surface area contributed by atoms with Gasteiger partial charge in [-0.15, -0.1) is 10.2 Å². The number of aromatic nitrogens is 4. The minimum atomic E-state index is -0.116. The zero-order valence-electron chi connectivity index (χ0n) is 16.3. The number of carbonyl (C=O) groups excluding carboxylic acids is 1. The van der Waals surface area contributed by atoms with Gasteiger partial charge in [-0.3, -0.25) is 9.78 Å². The lowest BCUT2D eigenvalue weighted by molar-refractivity contribution is -0.143. The molecule has 2 aromatic heterocycles. The highest BCUT2D eigenvalue weighted by Crippen LogP contribution is 2.22. The van der Waals surface area contributed by atoms with Crippen LogP contribution < -0.4 is 9.80 Å². The smallest absolute Gasteiger partial charge is 0.305 e. The zero-order chi connectivity index (χ0) is 19.5. The third kappa shape index (κ3) is 6.80. The Morgan fingerprint density at radius 3 is 2.37 bits per heavy atom. The minimum absolute atomic E-state index is 0.116. The number of hydrogen-bond donors (Lipinski definition) is 0. The van der Waals surface area contributed by atoms with E-state index >= 15 is 0 Å². The van der Waals surface area contributed by atoms with Crippen molar-refractivity contribution in [3.8, 4) is 0 Å². The largest absolute Gasteiger partial charge is 0.466 e. The summed E-state index contributed by atoms with van der Waals surface area (Å²) in [6.45, 7) is 3.03. The van der Waals surface area contributed by atoms with Gasteiger partial charge in [0.15, 0.2) is 17.5 Å². The summed E-state index contributed by atoms with van der Waals surface area (Å²) in [6, 6.07) is 3.88. The van der Waals surface area contributed by atoms with E-state index in [1.807, 2.05) is 43.0 Å². The van der Waals surface area contributed by atoms with Gasteiger partial charge in [0.05, 0.1) is 12.8 Å². The topological polar surface area (TPSA) is 84.3 Å². The molecule has 0 radical (unpaired) electrons. The second-order valence-electron chi connectivity index (χ2n) is 6.33. The molecule has 0 aliphatic rings. The number of ether oxygens (including phenoxy) is 1. The first-order chi connectivity index (χ1) is 13.1. The number of hydrogen-bond acceptors (Lipinski definition) is 8. The van der Waals surface area contributed by atoms with E-state index in [0.717, 1.165) is 49.7 Å². The van der Waals surface area contributed by atoms with Crippen LogP contribution >= 0.6 is 0 Å². The predicted molar refractivity (Wildman–Crippen MR) is 105 cm³/mol. The van der Waals surface area contributed by atoms with Crippen LogP contribution in [-0.4, -0.2) is 53.4 Å². The van der Waals surface area contributed by atoms with Crippen LogP contribution in [0.4, 0.5) is 17.5 Å². The molecule has 0 saturated heterocycles. The van der Waals surface area contributed by atoms with Crippen molar-refractivity contribution in [1.29, 1.82) is 0 Å². The first kappa shape index (κ1) is 20.5. The number of anilines is 3. The van der Waals surface area contributed by atoms with Crippen molar-refractivity contribution in [3.63, 3.8) is 0 Å². The molecule has 0 saturated carbocycles. The molecule has 27 heavy (non-hydrogen) atoms. The molecule has 0 fully saturated rings. The fourth-order valence-corrected chi connectivity index (χ4v) is 2.60.